The predicted octanol–water partition coefficient (Wildman–Crippen LogP) is 0.598. The summed E-state index contributed by atoms with van der Waals surface area (Å²) in [6, 6.07) is 0. The number of nitrogens with zero attached hydrogens (tertiary/aromatic N) is 14. The molecular formula is C62H81N21O31P6S6. The fourth-order valence-electron chi connectivity index (χ4n) is 14.8. The van der Waals surface area contributed by atoms with Crippen molar-refractivity contribution in [3.05, 3.63) is 140 Å². The molecular weight excluding hydrogens is 1910 g/mol. The highest BCUT2D eigenvalue weighted by Crippen LogP contribution is 2.58. The number of hydrogen-bond donors (Lipinski definition) is 13. The first-order valence-corrected chi connectivity index (χ1v) is 53.4. The van der Waals surface area contributed by atoms with E-state index in [-0.39, 0.29) is 106 Å². The zero-order valence-electron chi connectivity index (χ0n) is 66.0. The van der Waals surface area contributed by atoms with Gasteiger partial charge in [0, 0.05) is 80.9 Å². The van der Waals surface area contributed by atoms with Gasteiger partial charge in [0.25, 0.3) is 22.2 Å². The zero-order valence-corrected chi connectivity index (χ0v) is 76.3. The maximum absolute atomic E-state index is 13.5. The third kappa shape index (κ3) is 21.4. The molecule has 0 saturated carbocycles. The third-order valence-electron chi connectivity index (χ3n) is 20.9. The van der Waals surface area contributed by atoms with Crippen molar-refractivity contribution in [2.45, 2.75) is 183 Å². The Kier molecular flexibility index (Phi) is 28.4. The van der Waals surface area contributed by atoms with Crippen molar-refractivity contribution in [3.63, 3.8) is 0 Å². The zero-order chi connectivity index (χ0) is 90.2. The molecule has 0 aromatic carbocycles. The van der Waals surface area contributed by atoms with Crippen LogP contribution < -0.4 is 56.5 Å². The van der Waals surface area contributed by atoms with E-state index in [0.717, 1.165) is 16.2 Å². The molecule has 16 N–H and O–H groups in total. The van der Waals surface area contributed by atoms with Crippen LogP contribution in [0.3, 0.4) is 0 Å². The molecule has 52 nitrogen and oxygen atoms in total. The van der Waals surface area contributed by atoms with Crippen molar-refractivity contribution in [2.24, 2.45) is 0 Å². The number of ether oxygens (including phenoxy) is 6. The molecule has 24 atom stereocenters. The number of fused-ring (bicyclic) bond motifs is 3. The molecule has 6 aliphatic heterocycles. The van der Waals surface area contributed by atoms with Crippen molar-refractivity contribution < 1.29 is 112 Å². The van der Waals surface area contributed by atoms with Crippen molar-refractivity contribution in [3.8, 4) is 0 Å². The maximum atomic E-state index is 13.5. The second kappa shape index (κ2) is 37.8. The van der Waals surface area contributed by atoms with E-state index in [1.54, 1.807) is 6.92 Å². The molecule has 126 heavy (non-hydrogen) atoms. The Morgan fingerprint density at radius 1 is 0.381 bits per heavy atom. The minimum Gasteiger partial charge on any atom is -0.382 e. The van der Waals surface area contributed by atoms with E-state index in [4.69, 9.17) is 171 Å². The summed E-state index contributed by atoms with van der Waals surface area (Å²) >= 11 is 33.3. The van der Waals surface area contributed by atoms with E-state index in [9.17, 15) is 62.9 Å². The fraction of sp³-hybridized carbons (Fsp3) is 0.565. The SMILES string of the molecule is CC[C@H]1O[C@@H](n2cc(C)c(=O)[nH]c2=O)CC1OP(O)(=S)OC[C@H]1O[C@@H](n2cnc3c(N)ncnc32)CC1OP(O)(=S)OC[C@H]1O[C@@H](n2cnc3c(N)ncnc32)CC1OP(O)(=S)OC[C@H]1O[C@@H](n2cc(C)c(=O)[nH]c2=O)CC1OP(O)(=S)OC[C@H]1O[C@@H](n2cnc3c(=O)[nH]c(N)nc32)CC1OP(O)(=S)OC[C@H]1O[C@@H](n2cc(C)c(=O)[nH]c2=O)CC1OP(O)(=S)OC. The maximum Gasteiger partial charge on any atom is 0.330 e. The van der Waals surface area contributed by atoms with Gasteiger partial charge in [0.05, 0.1) is 94.7 Å². The highest BCUT2D eigenvalue weighted by molar-refractivity contribution is 8.08. The molecule has 0 spiro atoms. The number of nitrogen functional groups attached to an aromatic ring is 3. The normalized spacial score (nSPS) is 29.4. The molecule has 9 aromatic rings. The number of nitrogens with two attached hydrogens (primary N) is 3. The number of anilines is 3. The summed E-state index contributed by atoms with van der Waals surface area (Å²) in [7, 11) is 1.10. The lowest BCUT2D eigenvalue weighted by Gasteiger charge is -2.28. The van der Waals surface area contributed by atoms with Gasteiger partial charge in [-0.05, 0) is 98.0 Å². The Hall–Kier alpha value is -6.17. The number of H-pyrrole nitrogens is 4. The molecule has 0 radical (unpaired) electrons. The average Bonchev–Trinajstić information content (AvgIpc) is 1.63. The van der Waals surface area contributed by atoms with Crippen molar-refractivity contribution >= 4 is 162 Å². The number of nitrogens with one attached hydrogen (secondary N) is 4. The number of aromatic nitrogens is 18. The summed E-state index contributed by atoms with van der Waals surface area (Å²) < 4.78 is 117. The monoisotopic (exact) mass is 1990 g/mol. The van der Waals surface area contributed by atoms with Crippen LogP contribution in [0.4, 0.5) is 17.6 Å². The molecule has 15 rings (SSSR count). The first kappa shape index (κ1) is 94.5. The van der Waals surface area contributed by atoms with Crippen LogP contribution >= 0.6 is 40.3 Å². The van der Waals surface area contributed by atoms with Gasteiger partial charge in [-0.2, -0.15) is 4.98 Å². The minimum atomic E-state index is -4.69. The first-order valence-electron chi connectivity index (χ1n) is 37.8. The quantitative estimate of drug-likeness (QED) is 0.0242. The Morgan fingerprint density at radius 3 is 0.952 bits per heavy atom. The van der Waals surface area contributed by atoms with Crippen molar-refractivity contribution in [2.75, 3.05) is 57.3 Å². The molecule has 6 aliphatic rings. The van der Waals surface area contributed by atoms with Crippen LogP contribution in [0.15, 0.2) is 83.8 Å². The summed E-state index contributed by atoms with van der Waals surface area (Å²) in [4.78, 5) is 203. The standard InChI is InChI=1S/C62H81N21O31P6S6/c1-6-29-30(7-41(103-29)78-13-26(2)55(84)75-60(78)88)110-116(92,122)98-18-38-33(10-44(106-38)81-23-70-47-50(63)66-21-68-52(47)81)113-120(96,126)101-19-39-34(11-45(107-39)82-24-71-48-51(64)67-22-69-53(48)82)112-119(95,125)100-17-37-32(9-43(105-37)80-15-28(4)57(86)77-62(80)90)111-117(93,123)102-20-40-35(12-46(108-40)83-25-72-49-54(83)73-59(65)74-58(49)87)114-118(94,124)99-16-36-31(109-115(91,121)97-5)8-42(104-36)79-14-27(3)56(85)76-61(79)89/h13-15,21-25,29-46H,6-12,16-20H2,1-5H3,(H,91,121)(H,92,122)(H,93,123)(H,94,124)(H,95,125)(H,96,126)(H2,63,66,68)(H2,64,67,69)(H,75,84,88)(H,76,85,89)(H,77,86,90)(H3,65,73,74,87)/t29-,30?,31?,32?,33?,34?,35?,36-,37-,38-,39-,40-,41-,42-,43-,44-,45-,46-,115?,116?,117?,118?,119?,120?/m1/s1. The second-order valence-corrected chi connectivity index (χ2v) is 46.2. The summed E-state index contributed by atoms with van der Waals surface area (Å²) in [5, 5.41) is 0. The third-order valence-corrected chi connectivity index (χ3v) is 30.5. The second-order valence-electron chi connectivity index (χ2n) is 29.3. The highest BCUT2D eigenvalue weighted by atomic mass is 32.5. The summed E-state index contributed by atoms with van der Waals surface area (Å²) in [6.45, 7) is -23.9. The molecule has 64 heteroatoms. The lowest BCUT2D eigenvalue weighted by atomic mass is 10.1. The van der Waals surface area contributed by atoms with Crippen LogP contribution in [-0.2, 0) is 154 Å². The van der Waals surface area contributed by atoms with Gasteiger partial charge in [-0.25, -0.2) is 49.3 Å². The van der Waals surface area contributed by atoms with Crippen LogP contribution in [0.5, 0.6) is 0 Å². The molecule has 686 valence electrons. The summed E-state index contributed by atoms with van der Waals surface area (Å²) in [5.41, 5.74) is 14.1. The van der Waals surface area contributed by atoms with Crippen LogP contribution in [0.25, 0.3) is 33.5 Å². The molecule has 0 amide bonds. The van der Waals surface area contributed by atoms with Gasteiger partial charge in [-0.3, -0.25) is 66.5 Å². The van der Waals surface area contributed by atoms with Gasteiger partial charge in [0.2, 0.25) is 5.95 Å². The lowest BCUT2D eigenvalue weighted by molar-refractivity contribution is -0.0565. The topological polar surface area (TPSA) is 681 Å². The number of aryl methyl sites for hydroxylation is 3. The van der Waals surface area contributed by atoms with E-state index in [2.05, 4.69) is 59.8 Å². The number of rotatable bonds is 35. The van der Waals surface area contributed by atoms with E-state index in [1.807, 2.05) is 0 Å². The van der Waals surface area contributed by atoms with Crippen molar-refractivity contribution in [1.29, 1.82) is 0 Å². The Labute approximate surface area is 737 Å². The number of aromatic amines is 4. The predicted molar refractivity (Wildman–Crippen MR) is 457 cm³/mol. The Balaban J connectivity index is 0.644. The number of hydrogen-bond acceptors (Lipinski definition) is 42. The van der Waals surface area contributed by atoms with Gasteiger partial charge in [0.1, 0.15) is 91.6 Å². The van der Waals surface area contributed by atoms with E-state index in [1.165, 1.54) is 89.3 Å². The minimum absolute atomic E-state index is 0.00507. The number of imidazole rings is 3. The first-order chi connectivity index (χ1) is 59.5. The largest absolute Gasteiger partial charge is 0.382 e. The highest BCUT2D eigenvalue weighted by Gasteiger charge is 2.50. The summed E-state index contributed by atoms with van der Waals surface area (Å²) in [6.07, 6.45) is -12.5. The molecule has 9 aromatic heterocycles. The van der Waals surface area contributed by atoms with Crippen LogP contribution in [0.2, 0.25) is 0 Å². The van der Waals surface area contributed by atoms with Gasteiger partial charge >= 0.3 is 57.4 Å². The van der Waals surface area contributed by atoms with E-state index >= 15 is 0 Å². The van der Waals surface area contributed by atoms with Crippen LogP contribution in [0.1, 0.15) is 106 Å². The van der Waals surface area contributed by atoms with Gasteiger partial charge in [-0.1, -0.05) is 6.92 Å². The molecule has 0 bridgehead atoms. The van der Waals surface area contributed by atoms with Gasteiger partial charge in [0.15, 0.2) is 34.1 Å². The fourth-order valence-corrected chi connectivity index (χ4v) is 23.1. The molecule has 0 aliphatic carbocycles. The molecule has 15 heterocycles. The van der Waals surface area contributed by atoms with Crippen LogP contribution in [0, 0.1) is 20.8 Å². The van der Waals surface area contributed by atoms with E-state index < -0.39 is 223 Å². The Morgan fingerprint density at radius 2 is 0.651 bits per heavy atom. The smallest absolute Gasteiger partial charge is 0.330 e. The average molecular weight is 1990 g/mol. The van der Waals surface area contributed by atoms with E-state index in [0.29, 0.717) is 6.42 Å². The molecule has 6 saturated heterocycles. The lowest BCUT2D eigenvalue weighted by Crippen LogP contribution is -2.33. The molecule has 12 unspecified atom stereocenters. The van der Waals surface area contributed by atoms with Gasteiger partial charge < -0.3 is 129 Å². The van der Waals surface area contributed by atoms with Crippen LogP contribution in [-0.4, -0.2) is 230 Å². The van der Waals surface area contributed by atoms with Crippen molar-refractivity contribution in [1.82, 2.24) is 87.2 Å². The molecule has 6 fully saturated rings. The van der Waals surface area contributed by atoms with Gasteiger partial charge in [-0.15, -0.1) is 0 Å². The Bertz CT molecular complexity index is 6400. The summed E-state index contributed by atoms with van der Waals surface area (Å²) in [5.74, 6) is -0.234.